The Kier molecular flexibility index (Phi) is 4.96. The Bertz CT molecular complexity index is 396. The zero-order valence-electron chi connectivity index (χ0n) is 9.72. The molecule has 0 heterocycles. The van der Waals surface area contributed by atoms with Gasteiger partial charge in [0, 0.05) is 0 Å². The van der Waals surface area contributed by atoms with E-state index in [1.54, 1.807) is 18.2 Å². The van der Waals surface area contributed by atoms with Gasteiger partial charge in [0.25, 0.3) is 10.1 Å². The van der Waals surface area contributed by atoms with Gasteiger partial charge in [-0.3, -0.25) is 4.18 Å². The van der Waals surface area contributed by atoms with Gasteiger partial charge in [-0.2, -0.15) is 8.42 Å². The van der Waals surface area contributed by atoms with Gasteiger partial charge in [-0.05, 0) is 30.9 Å². The van der Waals surface area contributed by atoms with Crippen LogP contribution in [0.3, 0.4) is 0 Å². The van der Waals surface area contributed by atoms with Crippen molar-refractivity contribution in [1.82, 2.24) is 0 Å². The molecule has 0 amide bonds. The number of rotatable bonds is 6. The molecule has 1 rings (SSSR count). The van der Waals surface area contributed by atoms with Crippen LogP contribution in [0.15, 0.2) is 35.2 Å². The lowest BCUT2D eigenvalue weighted by atomic mass is 10.1. The highest BCUT2D eigenvalue weighted by molar-refractivity contribution is 7.86. The zero-order valence-corrected chi connectivity index (χ0v) is 10.5. The summed E-state index contributed by atoms with van der Waals surface area (Å²) >= 11 is 0. The summed E-state index contributed by atoms with van der Waals surface area (Å²) in [5.74, 6) is 0.572. The third-order valence-corrected chi connectivity index (χ3v) is 3.52. The zero-order chi connectivity index (χ0) is 12.0. The topological polar surface area (TPSA) is 43.4 Å². The Balaban J connectivity index is 2.48. The molecule has 0 N–H and O–H groups in total. The van der Waals surface area contributed by atoms with E-state index >= 15 is 0 Å². The second kappa shape index (κ2) is 6.01. The number of hydrogen-bond acceptors (Lipinski definition) is 3. The predicted octanol–water partition coefficient (Wildman–Crippen LogP) is 2.83. The molecule has 0 fully saturated rings. The summed E-state index contributed by atoms with van der Waals surface area (Å²) in [6.45, 7) is 4.47. The smallest absolute Gasteiger partial charge is 0.266 e. The van der Waals surface area contributed by atoms with Crippen molar-refractivity contribution >= 4 is 10.1 Å². The Hall–Kier alpha value is -0.870. The van der Waals surface area contributed by atoms with E-state index < -0.39 is 10.1 Å². The predicted molar refractivity (Wildman–Crippen MR) is 63.7 cm³/mol. The van der Waals surface area contributed by atoms with E-state index in [1.807, 2.05) is 0 Å². The summed E-state index contributed by atoms with van der Waals surface area (Å²) in [7, 11) is -3.56. The third kappa shape index (κ3) is 4.33. The van der Waals surface area contributed by atoms with E-state index in [4.69, 9.17) is 4.18 Å². The van der Waals surface area contributed by atoms with Gasteiger partial charge in [0.05, 0.1) is 11.5 Å². The summed E-state index contributed by atoms with van der Waals surface area (Å²) in [5.41, 5.74) is 0. The first-order valence-corrected chi connectivity index (χ1v) is 6.87. The Morgan fingerprint density at radius 1 is 1.19 bits per heavy atom. The molecule has 0 atom stereocenters. The van der Waals surface area contributed by atoms with Gasteiger partial charge in [0.1, 0.15) is 0 Å². The fourth-order valence-corrected chi connectivity index (χ4v) is 2.28. The molecule has 0 aliphatic heterocycles. The Morgan fingerprint density at radius 2 is 1.81 bits per heavy atom. The van der Waals surface area contributed by atoms with Gasteiger partial charge in [-0.15, -0.1) is 0 Å². The van der Waals surface area contributed by atoms with E-state index in [-0.39, 0.29) is 11.5 Å². The average molecular weight is 242 g/mol. The van der Waals surface area contributed by atoms with Crippen LogP contribution in [0.4, 0.5) is 0 Å². The first-order valence-electron chi connectivity index (χ1n) is 5.47. The van der Waals surface area contributed by atoms with Crippen molar-refractivity contribution in [2.75, 3.05) is 6.61 Å². The quantitative estimate of drug-likeness (QED) is 0.569. The van der Waals surface area contributed by atoms with Gasteiger partial charge in [-0.1, -0.05) is 32.0 Å². The van der Waals surface area contributed by atoms with Gasteiger partial charge >= 0.3 is 0 Å². The largest absolute Gasteiger partial charge is 0.296 e. The second-order valence-electron chi connectivity index (χ2n) is 4.13. The van der Waals surface area contributed by atoms with Crippen LogP contribution in [0.5, 0.6) is 0 Å². The van der Waals surface area contributed by atoms with Crippen LogP contribution < -0.4 is 0 Å². The third-order valence-electron chi connectivity index (χ3n) is 2.20. The van der Waals surface area contributed by atoms with Gasteiger partial charge in [0.15, 0.2) is 0 Å². The molecule has 0 spiro atoms. The number of benzene rings is 1. The van der Waals surface area contributed by atoms with Crippen LogP contribution in [0.25, 0.3) is 0 Å². The van der Waals surface area contributed by atoms with E-state index in [1.165, 1.54) is 12.1 Å². The average Bonchev–Trinajstić information content (AvgIpc) is 2.26. The van der Waals surface area contributed by atoms with Crippen molar-refractivity contribution in [3.05, 3.63) is 30.3 Å². The van der Waals surface area contributed by atoms with Crippen LogP contribution in [0.1, 0.15) is 26.7 Å². The molecule has 0 unspecified atom stereocenters. The van der Waals surface area contributed by atoms with Crippen molar-refractivity contribution < 1.29 is 12.6 Å². The molecule has 90 valence electrons. The highest BCUT2D eigenvalue weighted by Gasteiger charge is 2.13. The molecule has 0 aliphatic rings. The normalized spacial score (nSPS) is 11.9. The fourth-order valence-electron chi connectivity index (χ4n) is 1.32. The van der Waals surface area contributed by atoms with E-state index in [9.17, 15) is 8.42 Å². The Morgan fingerprint density at radius 3 is 2.38 bits per heavy atom. The van der Waals surface area contributed by atoms with Gasteiger partial charge in [-0.25, -0.2) is 0 Å². The van der Waals surface area contributed by atoms with Crippen molar-refractivity contribution in [1.29, 1.82) is 0 Å². The maximum atomic E-state index is 11.7. The summed E-state index contributed by atoms with van der Waals surface area (Å²) in [5, 5.41) is 0. The van der Waals surface area contributed by atoms with Crippen molar-refractivity contribution in [2.45, 2.75) is 31.6 Å². The van der Waals surface area contributed by atoms with Crippen LogP contribution >= 0.6 is 0 Å². The summed E-state index contributed by atoms with van der Waals surface area (Å²) in [6, 6.07) is 8.22. The van der Waals surface area contributed by atoms with Crippen LogP contribution in [0.2, 0.25) is 0 Å². The molecule has 16 heavy (non-hydrogen) atoms. The Labute approximate surface area is 97.6 Å². The minimum atomic E-state index is -3.56. The molecule has 0 saturated carbocycles. The SMILES string of the molecule is CC(C)CCCOS(=O)(=O)c1ccccc1. The van der Waals surface area contributed by atoms with E-state index in [0.29, 0.717) is 5.92 Å². The van der Waals surface area contributed by atoms with Crippen molar-refractivity contribution in [2.24, 2.45) is 5.92 Å². The summed E-state index contributed by atoms with van der Waals surface area (Å²) in [6.07, 6.45) is 1.74. The van der Waals surface area contributed by atoms with Crippen LogP contribution in [-0.2, 0) is 14.3 Å². The van der Waals surface area contributed by atoms with Crippen LogP contribution in [0, 0.1) is 5.92 Å². The first kappa shape index (κ1) is 13.2. The van der Waals surface area contributed by atoms with E-state index in [2.05, 4.69) is 13.8 Å². The standard InChI is InChI=1S/C12H18O3S/c1-11(2)7-6-10-15-16(13,14)12-8-4-3-5-9-12/h3-5,8-9,11H,6-7,10H2,1-2H3. The van der Waals surface area contributed by atoms with Crippen molar-refractivity contribution in [3.63, 3.8) is 0 Å². The molecule has 0 bridgehead atoms. The minimum absolute atomic E-state index is 0.222. The summed E-state index contributed by atoms with van der Waals surface area (Å²) < 4.78 is 28.2. The highest BCUT2D eigenvalue weighted by atomic mass is 32.2. The molecular weight excluding hydrogens is 224 g/mol. The second-order valence-corrected chi connectivity index (χ2v) is 5.74. The number of hydrogen-bond donors (Lipinski definition) is 0. The highest BCUT2D eigenvalue weighted by Crippen LogP contribution is 2.12. The molecule has 0 aliphatic carbocycles. The van der Waals surface area contributed by atoms with Crippen molar-refractivity contribution in [3.8, 4) is 0 Å². The van der Waals surface area contributed by atoms with Gasteiger partial charge in [0.2, 0.25) is 0 Å². The van der Waals surface area contributed by atoms with E-state index in [0.717, 1.165) is 12.8 Å². The minimum Gasteiger partial charge on any atom is -0.266 e. The lowest BCUT2D eigenvalue weighted by molar-refractivity contribution is 0.300. The lowest BCUT2D eigenvalue weighted by Gasteiger charge is -2.06. The lowest BCUT2D eigenvalue weighted by Crippen LogP contribution is -2.08. The molecule has 0 radical (unpaired) electrons. The monoisotopic (exact) mass is 242 g/mol. The molecular formula is C12H18O3S. The molecule has 1 aromatic carbocycles. The maximum Gasteiger partial charge on any atom is 0.296 e. The fraction of sp³-hybridized carbons (Fsp3) is 0.500. The summed E-state index contributed by atoms with van der Waals surface area (Å²) in [4.78, 5) is 0.222. The molecule has 0 saturated heterocycles. The molecule has 4 heteroatoms. The molecule has 3 nitrogen and oxygen atoms in total. The maximum absolute atomic E-state index is 11.7. The first-order chi connectivity index (χ1) is 7.52. The molecule has 1 aromatic rings. The van der Waals surface area contributed by atoms with Gasteiger partial charge < -0.3 is 0 Å². The molecule has 0 aromatic heterocycles. The van der Waals surface area contributed by atoms with Crippen LogP contribution in [-0.4, -0.2) is 15.0 Å².